The molecule has 0 bridgehead atoms. The molecule has 3 N–H and O–H groups in total. The van der Waals surface area contributed by atoms with Gasteiger partial charge in [0.1, 0.15) is 11.1 Å². The van der Waals surface area contributed by atoms with E-state index >= 15 is 0 Å². The number of fused-ring (bicyclic) bond motifs is 1. The van der Waals surface area contributed by atoms with Crippen molar-refractivity contribution in [2.45, 2.75) is 68.6 Å². The number of aliphatic hydroxyl groups is 1. The molecular weight excluding hydrogens is 520 g/mol. The number of benzene rings is 2. The number of nitrogens with zero attached hydrogens (tertiary/aromatic N) is 1. The second-order valence-electron chi connectivity index (χ2n) is 11.7. The third kappa shape index (κ3) is 5.08. The number of likely N-dealkylation sites (tertiary alicyclic amines) is 1. The Balaban J connectivity index is 1.19. The lowest BCUT2D eigenvalue weighted by Gasteiger charge is -2.39. The van der Waals surface area contributed by atoms with Crippen molar-refractivity contribution in [1.82, 2.24) is 15.5 Å². The van der Waals surface area contributed by atoms with Gasteiger partial charge < -0.3 is 25.1 Å². The molecule has 2 aromatic carbocycles. The van der Waals surface area contributed by atoms with Gasteiger partial charge in [-0.15, -0.1) is 0 Å². The fourth-order valence-electron chi connectivity index (χ4n) is 5.37. The lowest BCUT2D eigenvalue weighted by molar-refractivity contribution is -0.133. The summed E-state index contributed by atoms with van der Waals surface area (Å²) in [6.45, 7) is 2.57. The van der Waals surface area contributed by atoms with Crippen molar-refractivity contribution in [2.75, 3.05) is 13.1 Å². The van der Waals surface area contributed by atoms with Crippen LogP contribution in [0.3, 0.4) is 0 Å². The first-order valence-electron chi connectivity index (χ1n) is 13.6. The highest BCUT2D eigenvalue weighted by atomic mass is 19.3. The quantitative estimate of drug-likeness (QED) is 0.424. The molecule has 1 aliphatic heterocycles. The molecule has 2 saturated carbocycles. The summed E-state index contributed by atoms with van der Waals surface area (Å²) in [5.41, 5.74) is 0.862. The number of alkyl halides is 2. The van der Waals surface area contributed by atoms with E-state index in [1.807, 2.05) is 31.2 Å². The number of hydrogen-bond donors (Lipinski definition) is 3. The summed E-state index contributed by atoms with van der Waals surface area (Å²) in [7, 11) is 0. The largest absolute Gasteiger partial charge is 0.451 e. The molecule has 3 amide bonds. The van der Waals surface area contributed by atoms with Crippen LogP contribution in [0.4, 0.5) is 8.78 Å². The molecule has 3 aliphatic rings. The number of nitrogens with one attached hydrogen (secondary N) is 2. The molecule has 6 rings (SSSR count). The van der Waals surface area contributed by atoms with E-state index in [4.69, 9.17) is 4.42 Å². The number of aliphatic hydroxyl groups excluding tert-OH is 1. The first kappa shape index (κ1) is 26.4. The lowest BCUT2D eigenvalue weighted by Crippen LogP contribution is -2.62. The van der Waals surface area contributed by atoms with E-state index < -0.39 is 42.2 Å². The van der Waals surface area contributed by atoms with E-state index in [2.05, 4.69) is 10.6 Å². The molecule has 8 nitrogen and oxygen atoms in total. The standard InChI is InChI=1S/C30H31F2N3O5/c1-28(8-9-28)34-27(39)29(10-12-30(31,32)13-11-29)33-25(37)24-15-21-7-6-20(14-23(21)40-24)18-2-4-19(5-3-18)26(38)35-16-22(36)17-35/h2-7,14-15,22,36H,8-13,16-17H2,1H3,(H,33,37)(H,34,39). The van der Waals surface area contributed by atoms with Crippen molar-refractivity contribution in [3.8, 4) is 11.1 Å². The van der Waals surface area contributed by atoms with Gasteiger partial charge in [-0.25, -0.2) is 8.78 Å². The average molecular weight is 552 g/mol. The second-order valence-corrected chi connectivity index (χ2v) is 11.7. The molecular formula is C30H31F2N3O5. The normalized spacial score (nSPS) is 20.9. The number of β-amino-alcohol motifs (C(OH)–C–C–N with tert-alkyl or cyclic N) is 1. The van der Waals surface area contributed by atoms with Crippen LogP contribution in [0.25, 0.3) is 22.1 Å². The van der Waals surface area contributed by atoms with Crippen molar-refractivity contribution in [3.63, 3.8) is 0 Å². The van der Waals surface area contributed by atoms with Crippen LogP contribution in [0.15, 0.2) is 52.9 Å². The number of amides is 3. The molecule has 0 spiro atoms. The van der Waals surface area contributed by atoms with E-state index in [0.717, 1.165) is 24.0 Å². The summed E-state index contributed by atoms with van der Waals surface area (Å²) in [6.07, 6.45) is -0.115. The summed E-state index contributed by atoms with van der Waals surface area (Å²) >= 11 is 0. The highest BCUT2D eigenvalue weighted by Gasteiger charge is 2.51. The van der Waals surface area contributed by atoms with Crippen molar-refractivity contribution in [3.05, 3.63) is 59.9 Å². The molecule has 3 fully saturated rings. The molecule has 2 heterocycles. The predicted octanol–water partition coefficient (Wildman–Crippen LogP) is 4.26. The van der Waals surface area contributed by atoms with Crippen LogP contribution in [0.1, 0.15) is 66.4 Å². The summed E-state index contributed by atoms with van der Waals surface area (Å²) < 4.78 is 33.8. The fourth-order valence-corrected chi connectivity index (χ4v) is 5.37. The van der Waals surface area contributed by atoms with Gasteiger partial charge in [-0.1, -0.05) is 24.3 Å². The van der Waals surface area contributed by atoms with Crippen LogP contribution in [0.5, 0.6) is 0 Å². The van der Waals surface area contributed by atoms with Crippen LogP contribution >= 0.6 is 0 Å². The number of carbonyl (C=O) groups excluding carboxylic acids is 3. The Morgan fingerprint density at radius 3 is 2.17 bits per heavy atom. The molecule has 210 valence electrons. The van der Waals surface area contributed by atoms with Gasteiger partial charge in [0.2, 0.25) is 11.8 Å². The smallest absolute Gasteiger partial charge is 0.287 e. The Labute approximate surface area is 229 Å². The Bertz CT molecular complexity index is 1480. The summed E-state index contributed by atoms with van der Waals surface area (Å²) in [5.74, 6) is -4.06. The maximum Gasteiger partial charge on any atom is 0.287 e. The van der Waals surface area contributed by atoms with Gasteiger partial charge in [0, 0.05) is 42.4 Å². The minimum atomic E-state index is -2.86. The van der Waals surface area contributed by atoms with Gasteiger partial charge >= 0.3 is 0 Å². The summed E-state index contributed by atoms with van der Waals surface area (Å²) in [6, 6.07) is 14.1. The minimum Gasteiger partial charge on any atom is -0.451 e. The second kappa shape index (κ2) is 9.40. The molecule has 0 unspecified atom stereocenters. The van der Waals surface area contributed by atoms with Crippen molar-refractivity contribution in [1.29, 1.82) is 0 Å². The Morgan fingerprint density at radius 1 is 0.900 bits per heavy atom. The van der Waals surface area contributed by atoms with Crippen LogP contribution in [-0.2, 0) is 4.79 Å². The maximum atomic E-state index is 14.0. The van der Waals surface area contributed by atoms with Crippen LogP contribution < -0.4 is 10.6 Å². The Hall–Kier alpha value is -3.79. The third-order valence-electron chi connectivity index (χ3n) is 8.40. The number of furan rings is 1. The molecule has 40 heavy (non-hydrogen) atoms. The highest BCUT2D eigenvalue weighted by Crippen LogP contribution is 2.41. The Kier molecular flexibility index (Phi) is 6.21. The SMILES string of the molecule is CC1(NC(=O)C2(NC(=O)c3cc4ccc(-c5ccc(C(=O)N6CC(O)C6)cc5)cc4o3)CCC(F)(F)CC2)CC1. The summed E-state index contributed by atoms with van der Waals surface area (Å²) in [4.78, 5) is 40.6. The number of rotatable bonds is 6. The van der Waals surface area contributed by atoms with Crippen LogP contribution in [0.2, 0.25) is 0 Å². The van der Waals surface area contributed by atoms with E-state index in [1.165, 1.54) is 0 Å². The van der Waals surface area contributed by atoms with E-state index in [-0.39, 0.29) is 30.0 Å². The van der Waals surface area contributed by atoms with Gasteiger partial charge in [-0.3, -0.25) is 14.4 Å². The Morgan fingerprint density at radius 2 is 1.55 bits per heavy atom. The molecule has 1 aromatic heterocycles. The third-order valence-corrected chi connectivity index (χ3v) is 8.40. The van der Waals surface area contributed by atoms with E-state index in [0.29, 0.717) is 29.6 Å². The highest BCUT2D eigenvalue weighted by molar-refractivity contribution is 6.01. The lowest BCUT2D eigenvalue weighted by atomic mass is 9.78. The van der Waals surface area contributed by atoms with Crippen molar-refractivity contribution in [2.24, 2.45) is 0 Å². The zero-order valence-electron chi connectivity index (χ0n) is 22.1. The molecule has 2 aliphatic carbocycles. The molecule has 3 aromatic rings. The predicted molar refractivity (Wildman–Crippen MR) is 143 cm³/mol. The van der Waals surface area contributed by atoms with Crippen molar-refractivity contribution >= 4 is 28.7 Å². The molecule has 0 atom stereocenters. The minimum absolute atomic E-state index is 0.00743. The molecule has 1 saturated heterocycles. The monoisotopic (exact) mass is 551 g/mol. The average Bonchev–Trinajstić information content (AvgIpc) is 3.47. The van der Waals surface area contributed by atoms with Crippen LogP contribution in [-0.4, -0.2) is 63.9 Å². The van der Waals surface area contributed by atoms with Crippen LogP contribution in [0, 0.1) is 0 Å². The molecule has 10 heteroatoms. The zero-order chi connectivity index (χ0) is 28.3. The van der Waals surface area contributed by atoms with E-state index in [9.17, 15) is 28.3 Å². The zero-order valence-corrected chi connectivity index (χ0v) is 22.1. The van der Waals surface area contributed by atoms with Gasteiger partial charge in [0.05, 0.1) is 6.10 Å². The fraction of sp³-hybridized carbons (Fsp3) is 0.433. The van der Waals surface area contributed by atoms with Gasteiger partial charge in [0.15, 0.2) is 5.76 Å². The van der Waals surface area contributed by atoms with Gasteiger partial charge in [-0.2, -0.15) is 0 Å². The maximum absolute atomic E-state index is 14.0. The number of carbonyl (C=O) groups is 3. The van der Waals surface area contributed by atoms with E-state index in [1.54, 1.807) is 29.2 Å². The molecule has 0 radical (unpaired) electrons. The number of hydrogen-bond acceptors (Lipinski definition) is 5. The summed E-state index contributed by atoms with van der Waals surface area (Å²) in [5, 5.41) is 15.8. The van der Waals surface area contributed by atoms with Crippen molar-refractivity contribution < 1.29 is 32.7 Å². The number of halogens is 2. The van der Waals surface area contributed by atoms with Gasteiger partial charge in [0.25, 0.3) is 11.8 Å². The van der Waals surface area contributed by atoms with Gasteiger partial charge in [-0.05, 0) is 68.0 Å². The first-order valence-corrected chi connectivity index (χ1v) is 13.6. The topological polar surface area (TPSA) is 112 Å². The first-order chi connectivity index (χ1) is 18.9.